The van der Waals surface area contributed by atoms with Crippen LogP contribution in [0.2, 0.25) is 0 Å². The molecule has 1 aromatic rings. The van der Waals surface area contributed by atoms with Gasteiger partial charge in [0.25, 0.3) is 0 Å². The summed E-state index contributed by atoms with van der Waals surface area (Å²) in [7, 11) is 0. The van der Waals surface area contributed by atoms with E-state index in [2.05, 4.69) is 12.1 Å². The first-order valence-electron chi connectivity index (χ1n) is 9.34. The first-order chi connectivity index (χ1) is 11.7. The van der Waals surface area contributed by atoms with Crippen LogP contribution >= 0.6 is 0 Å². The number of phenolic OH excluding ortho intramolecular Hbond substituents is 1. The van der Waals surface area contributed by atoms with Crippen LogP contribution in [0.3, 0.4) is 0 Å². The molecule has 24 heavy (non-hydrogen) atoms. The molecule has 4 heteroatoms. The van der Waals surface area contributed by atoms with Crippen molar-refractivity contribution in [3.63, 3.8) is 0 Å². The Balaban J connectivity index is 2.11. The number of hydrogen-bond acceptors (Lipinski definition) is 4. The zero-order valence-corrected chi connectivity index (χ0v) is 15.3. The van der Waals surface area contributed by atoms with Crippen molar-refractivity contribution < 1.29 is 15.1 Å². The highest BCUT2D eigenvalue weighted by molar-refractivity contribution is 6.00. The van der Waals surface area contributed by atoms with Gasteiger partial charge in [-0.05, 0) is 31.5 Å². The molecule has 0 aliphatic carbocycles. The highest BCUT2D eigenvalue weighted by Gasteiger charge is 2.07. The van der Waals surface area contributed by atoms with Gasteiger partial charge in [0.05, 0.1) is 12.3 Å². The van der Waals surface area contributed by atoms with Crippen molar-refractivity contribution in [1.29, 1.82) is 0 Å². The van der Waals surface area contributed by atoms with E-state index in [0.717, 1.165) is 6.42 Å². The number of hydrogen-bond donors (Lipinski definition) is 2. The third kappa shape index (κ3) is 8.23. The second-order valence-electron chi connectivity index (χ2n) is 6.39. The molecule has 1 rings (SSSR count). The number of aromatic hydroxyl groups is 1. The van der Waals surface area contributed by atoms with Gasteiger partial charge in [-0.2, -0.15) is 0 Å². The molecule has 136 valence electrons. The quantitative estimate of drug-likeness (QED) is 0.204. The van der Waals surface area contributed by atoms with Crippen molar-refractivity contribution in [1.82, 2.24) is 0 Å². The Hall–Kier alpha value is -1.71. The molecule has 0 saturated carbocycles. The average molecular weight is 335 g/mol. The minimum absolute atomic E-state index is 0.0941. The second-order valence-corrected chi connectivity index (χ2v) is 6.39. The van der Waals surface area contributed by atoms with Crippen LogP contribution in [0, 0.1) is 0 Å². The Bertz CT molecular complexity index is 486. The van der Waals surface area contributed by atoms with Crippen LogP contribution in [0.25, 0.3) is 0 Å². The summed E-state index contributed by atoms with van der Waals surface area (Å²) in [5.41, 5.74) is 0.870. The molecule has 0 aliphatic heterocycles. The third-order valence-corrected chi connectivity index (χ3v) is 4.27. The molecule has 2 N–H and O–H groups in total. The van der Waals surface area contributed by atoms with Crippen LogP contribution in [0.4, 0.5) is 0 Å². The summed E-state index contributed by atoms with van der Waals surface area (Å²) < 4.78 is 5.72. The Morgan fingerprint density at radius 2 is 1.54 bits per heavy atom. The molecule has 0 saturated heterocycles. The molecule has 0 radical (unpaired) electrons. The van der Waals surface area contributed by atoms with Gasteiger partial charge in [0.2, 0.25) is 0 Å². The number of nitrogens with zero attached hydrogens (tertiary/aromatic N) is 1. The lowest BCUT2D eigenvalue weighted by Gasteiger charge is -2.09. The molecule has 0 amide bonds. The molecule has 0 unspecified atom stereocenters. The Labute approximate surface area is 146 Å². The predicted octanol–water partition coefficient (Wildman–Crippen LogP) is 5.89. The van der Waals surface area contributed by atoms with Gasteiger partial charge in [0, 0.05) is 5.56 Å². The average Bonchev–Trinajstić information content (AvgIpc) is 2.60. The normalized spacial score (nSPS) is 11.7. The zero-order valence-electron chi connectivity index (χ0n) is 15.3. The highest BCUT2D eigenvalue weighted by Crippen LogP contribution is 2.24. The fourth-order valence-electron chi connectivity index (χ4n) is 2.73. The first-order valence-corrected chi connectivity index (χ1v) is 9.34. The number of rotatable bonds is 13. The van der Waals surface area contributed by atoms with E-state index < -0.39 is 0 Å². The van der Waals surface area contributed by atoms with Gasteiger partial charge in [0.15, 0.2) is 0 Å². The summed E-state index contributed by atoms with van der Waals surface area (Å²) in [4.78, 5) is 0. The van der Waals surface area contributed by atoms with Crippen LogP contribution in [0.15, 0.2) is 23.4 Å². The van der Waals surface area contributed by atoms with Gasteiger partial charge in [-0.3, -0.25) is 0 Å². The van der Waals surface area contributed by atoms with Crippen LogP contribution in [0.5, 0.6) is 11.5 Å². The lowest BCUT2D eigenvalue weighted by molar-refractivity contribution is 0.303. The molecule has 0 heterocycles. The van der Waals surface area contributed by atoms with E-state index in [4.69, 9.17) is 9.94 Å². The number of ether oxygens (including phenoxy) is 1. The second kappa shape index (κ2) is 12.7. The molecule has 0 fully saturated rings. The smallest absolute Gasteiger partial charge is 0.125 e. The van der Waals surface area contributed by atoms with Gasteiger partial charge >= 0.3 is 0 Å². The van der Waals surface area contributed by atoms with E-state index >= 15 is 0 Å². The molecule has 0 spiro atoms. The minimum atomic E-state index is 0.0941. The van der Waals surface area contributed by atoms with Crippen LogP contribution < -0.4 is 4.74 Å². The standard InChI is InChI=1S/C20H33NO3/c1-3-4-5-6-7-8-9-10-11-12-15-24-18-13-14-20(22)19(16-18)17(2)21-23/h13-14,16,22-23H,3-12,15H2,1-2H3. The lowest BCUT2D eigenvalue weighted by Crippen LogP contribution is -2.00. The van der Waals surface area contributed by atoms with Gasteiger partial charge in [-0.1, -0.05) is 69.9 Å². The SMILES string of the molecule is CCCCCCCCCCCCOc1ccc(O)c(C(C)=NO)c1. The molecule has 0 aromatic heterocycles. The summed E-state index contributed by atoms with van der Waals surface area (Å²) in [6, 6.07) is 5.01. The predicted molar refractivity (Wildman–Crippen MR) is 99.4 cm³/mol. The minimum Gasteiger partial charge on any atom is -0.507 e. The molecular formula is C20H33NO3. The van der Waals surface area contributed by atoms with E-state index in [0.29, 0.717) is 23.6 Å². The maximum absolute atomic E-state index is 9.75. The fraction of sp³-hybridized carbons (Fsp3) is 0.650. The molecular weight excluding hydrogens is 302 g/mol. The fourth-order valence-corrected chi connectivity index (χ4v) is 2.73. The zero-order chi connectivity index (χ0) is 17.6. The van der Waals surface area contributed by atoms with Crippen molar-refractivity contribution in [3.05, 3.63) is 23.8 Å². The topological polar surface area (TPSA) is 62.0 Å². The first kappa shape index (κ1) is 20.3. The summed E-state index contributed by atoms with van der Waals surface area (Å²) in [5, 5.41) is 21.7. The summed E-state index contributed by atoms with van der Waals surface area (Å²) >= 11 is 0. The van der Waals surface area contributed by atoms with Crippen molar-refractivity contribution in [2.75, 3.05) is 6.61 Å². The Morgan fingerprint density at radius 3 is 2.12 bits per heavy atom. The van der Waals surface area contributed by atoms with E-state index in [9.17, 15) is 5.11 Å². The van der Waals surface area contributed by atoms with Crippen molar-refractivity contribution in [2.45, 2.75) is 78.1 Å². The van der Waals surface area contributed by atoms with Crippen molar-refractivity contribution >= 4 is 5.71 Å². The maximum atomic E-state index is 9.75. The van der Waals surface area contributed by atoms with Gasteiger partial charge < -0.3 is 15.1 Å². The van der Waals surface area contributed by atoms with Crippen LogP contribution in [0.1, 0.15) is 83.6 Å². The van der Waals surface area contributed by atoms with E-state index in [-0.39, 0.29) is 5.75 Å². The molecule has 0 aliphatic rings. The Morgan fingerprint density at radius 1 is 0.958 bits per heavy atom. The number of benzene rings is 1. The van der Waals surface area contributed by atoms with Crippen LogP contribution in [-0.4, -0.2) is 22.6 Å². The van der Waals surface area contributed by atoms with E-state index in [1.165, 1.54) is 57.8 Å². The molecule has 4 nitrogen and oxygen atoms in total. The third-order valence-electron chi connectivity index (χ3n) is 4.27. The highest BCUT2D eigenvalue weighted by atomic mass is 16.5. The number of unbranched alkanes of at least 4 members (excludes halogenated alkanes) is 9. The summed E-state index contributed by atoms with van der Waals surface area (Å²) in [6.45, 7) is 4.57. The Kier molecular flexibility index (Phi) is 10.7. The lowest BCUT2D eigenvalue weighted by atomic mass is 10.1. The van der Waals surface area contributed by atoms with Gasteiger partial charge in [0.1, 0.15) is 11.5 Å². The summed E-state index contributed by atoms with van der Waals surface area (Å²) in [5.74, 6) is 0.790. The van der Waals surface area contributed by atoms with Gasteiger partial charge in [-0.15, -0.1) is 0 Å². The van der Waals surface area contributed by atoms with Gasteiger partial charge in [-0.25, -0.2) is 0 Å². The van der Waals surface area contributed by atoms with Crippen molar-refractivity contribution in [3.8, 4) is 11.5 Å². The van der Waals surface area contributed by atoms with E-state index in [1.54, 1.807) is 25.1 Å². The monoisotopic (exact) mass is 335 g/mol. The number of oxime groups is 1. The molecule has 0 atom stereocenters. The summed E-state index contributed by atoms with van der Waals surface area (Å²) in [6.07, 6.45) is 13.0. The largest absolute Gasteiger partial charge is 0.507 e. The maximum Gasteiger partial charge on any atom is 0.125 e. The number of phenols is 1. The molecule has 1 aromatic carbocycles. The van der Waals surface area contributed by atoms with Crippen LogP contribution in [-0.2, 0) is 0 Å². The van der Waals surface area contributed by atoms with E-state index in [1.807, 2.05) is 0 Å². The molecule has 0 bridgehead atoms. The van der Waals surface area contributed by atoms with Crippen molar-refractivity contribution in [2.24, 2.45) is 5.16 Å².